The number of nitrogens with zero attached hydrogens (tertiary/aromatic N) is 2. The molecule has 2 heterocycles. The first-order chi connectivity index (χ1) is 9.84. The fourth-order valence-corrected chi connectivity index (χ4v) is 2.77. The van der Waals surface area contributed by atoms with Gasteiger partial charge in [0.2, 0.25) is 0 Å². The van der Waals surface area contributed by atoms with Crippen molar-refractivity contribution in [3.63, 3.8) is 0 Å². The average molecular weight is 351 g/mol. The number of benzene rings is 2. The molecule has 0 saturated heterocycles. The Morgan fingerprint density at radius 3 is 1.68 bits per heavy atom. The molecule has 4 aromatic rings. The van der Waals surface area contributed by atoms with Crippen LogP contribution in [-0.4, -0.2) is 24.8 Å². The number of fused-ring (bicyclic) bond motifs is 2. The third-order valence-electron chi connectivity index (χ3n) is 3.39. The molecule has 4 nitrogen and oxygen atoms in total. The Labute approximate surface area is 144 Å². The van der Waals surface area contributed by atoms with Crippen molar-refractivity contribution in [1.82, 2.24) is 19.9 Å². The van der Waals surface area contributed by atoms with Gasteiger partial charge in [-0.15, -0.1) is 24.8 Å². The normalized spacial score (nSPS) is 10.2. The van der Waals surface area contributed by atoms with Gasteiger partial charge in [-0.25, -0.2) is 9.97 Å². The lowest BCUT2D eigenvalue weighted by Gasteiger charge is -2.06. The zero-order valence-electron chi connectivity index (χ0n) is 11.2. The molecule has 0 amide bonds. The summed E-state index contributed by atoms with van der Waals surface area (Å²) in [5.74, 6) is 0. The molecule has 0 aliphatic carbocycles. The molecule has 0 spiro atoms. The van der Waals surface area contributed by atoms with Crippen molar-refractivity contribution in [2.24, 2.45) is 0 Å². The fourth-order valence-electron chi connectivity index (χ4n) is 2.44. The summed E-state index contributed by atoms with van der Waals surface area (Å²) >= 11 is 5.67. The maximum absolute atomic E-state index is 5.67. The quantitative estimate of drug-likeness (QED) is 0.423. The molecule has 0 bridgehead atoms. The monoisotopic (exact) mass is 350 g/mol. The van der Waals surface area contributed by atoms with E-state index in [0.717, 1.165) is 38.1 Å². The molecule has 2 aromatic carbocycles. The maximum atomic E-state index is 5.67. The van der Waals surface area contributed by atoms with Crippen LogP contribution in [0.15, 0.2) is 49.1 Å². The number of aromatic amines is 2. The van der Waals surface area contributed by atoms with Crippen molar-refractivity contribution in [3.8, 4) is 0 Å². The first-order valence-corrected chi connectivity index (χ1v) is 6.64. The largest absolute Gasteiger partial charge is 0.345 e. The van der Waals surface area contributed by atoms with Gasteiger partial charge in [-0.2, -0.15) is 0 Å². The molecule has 4 rings (SSSR count). The van der Waals surface area contributed by atoms with Crippen molar-refractivity contribution < 1.29 is 0 Å². The molecule has 0 atom stereocenters. The first kappa shape index (κ1) is 16.4. The van der Waals surface area contributed by atoms with Gasteiger partial charge in [-0.05, 0) is 12.1 Å². The summed E-state index contributed by atoms with van der Waals surface area (Å²) in [7, 11) is 0. The molecule has 2 N–H and O–H groups in total. The SMILES string of the molecule is Cl.Cl.S=C(c1cccc2[nH]cnc12)c1cccc2[nH]cnc12. The molecule has 22 heavy (non-hydrogen) atoms. The van der Waals surface area contributed by atoms with Gasteiger partial charge in [0.15, 0.2) is 0 Å². The Hall–Kier alpha value is -1.95. The molecule has 0 saturated carbocycles. The Morgan fingerprint density at radius 1 is 0.773 bits per heavy atom. The van der Waals surface area contributed by atoms with Crippen LogP contribution in [0, 0.1) is 0 Å². The van der Waals surface area contributed by atoms with Crippen LogP contribution in [0.25, 0.3) is 22.1 Å². The van der Waals surface area contributed by atoms with Crippen LogP contribution in [0.3, 0.4) is 0 Å². The summed E-state index contributed by atoms with van der Waals surface area (Å²) in [4.78, 5) is 15.7. The van der Waals surface area contributed by atoms with Crippen LogP contribution in [0.2, 0.25) is 0 Å². The standard InChI is InChI=1S/C15H10N4S.2ClH/c20-15(9-3-1-5-11-13(9)18-7-16-11)10-4-2-6-12-14(10)19-8-17-12;;/h1-8H,(H,16,18)(H,17,19);2*1H. The number of aromatic nitrogens is 4. The van der Waals surface area contributed by atoms with Crippen LogP contribution in [-0.2, 0) is 0 Å². The van der Waals surface area contributed by atoms with E-state index in [2.05, 4.69) is 19.9 Å². The van der Waals surface area contributed by atoms with E-state index in [4.69, 9.17) is 12.2 Å². The minimum Gasteiger partial charge on any atom is -0.345 e. The highest BCUT2D eigenvalue weighted by Crippen LogP contribution is 2.23. The van der Waals surface area contributed by atoms with Gasteiger partial charge in [0.25, 0.3) is 0 Å². The van der Waals surface area contributed by atoms with Gasteiger partial charge in [-0.1, -0.05) is 36.5 Å². The number of nitrogens with one attached hydrogen (secondary N) is 2. The summed E-state index contributed by atoms with van der Waals surface area (Å²) in [5, 5.41) is 0. The van der Waals surface area contributed by atoms with Gasteiger partial charge in [0, 0.05) is 11.1 Å². The molecule has 2 aromatic heterocycles. The van der Waals surface area contributed by atoms with Crippen LogP contribution < -0.4 is 0 Å². The van der Waals surface area contributed by atoms with Gasteiger partial charge in [-0.3, -0.25) is 0 Å². The van der Waals surface area contributed by atoms with Crippen molar-refractivity contribution in [2.75, 3.05) is 0 Å². The van der Waals surface area contributed by atoms with Crippen LogP contribution in [0.1, 0.15) is 11.1 Å². The highest BCUT2D eigenvalue weighted by atomic mass is 35.5. The second-order valence-electron chi connectivity index (χ2n) is 4.54. The van der Waals surface area contributed by atoms with Crippen molar-refractivity contribution in [3.05, 3.63) is 60.2 Å². The third-order valence-corrected chi connectivity index (χ3v) is 3.83. The molecular formula is C15H12Cl2N4S. The van der Waals surface area contributed by atoms with E-state index in [1.807, 2.05) is 36.4 Å². The van der Waals surface area contributed by atoms with Crippen LogP contribution in [0.5, 0.6) is 0 Å². The lowest BCUT2D eigenvalue weighted by molar-refractivity contribution is 1.34. The van der Waals surface area contributed by atoms with Crippen molar-refractivity contribution in [2.45, 2.75) is 0 Å². The van der Waals surface area contributed by atoms with E-state index in [9.17, 15) is 0 Å². The average Bonchev–Trinajstić information content (AvgIpc) is 3.13. The first-order valence-electron chi connectivity index (χ1n) is 6.23. The van der Waals surface area contributed by atoms with Gasteiger partial charge in [0.1, 0.15) is 0 Å². The fraction of sp³-hybridized carbons (Fsp3) is 0. The van der Waals surface area contributed by atoms with Gasteiger partial charge in [0.05, 0.1) is 39.6 Å². The zero-order valence-corrected chi connectivity index (χ0v) is 13.7. The van der Waals surface area contributed by atoms with E-state index in [1.54, 1.807) is 12.7 Å². The topological polar surface area (TPSA) is 57.4 Å². The second-order valence-corrected chi connectivity index (χ2v) is 4.95. The molecule has 0 fully saturated rings. The zero-order chi connectivity index (χ0) is 13.5. The minimum atomic E-state index is 0. The summed E-state index contributed by atoms with van der Waals surface area (Å²) < 4.78 is 0. The van der Waals surface area contributed by atoms with Crippen molar-refractivity contribution in [1.29, 1.82) is 0 Å². The lowest BCUT2D eigenvalue weighted by atomic mass is 10.0. The molecule has 112 valence electrons. The van der Waals surface area contributed by atoms with E-state index < -0.39 is 0 Å². The lowest BCUT2D eigenvalue weighted by Crippen LogP contribution is -2.01. The Kier molecular flexibility index (Phi) is 4.81. The predicted molar refractivity (Wildman–Crippen MR) is 97.5 cm³/mol. The molecule has 0 aliphatic heterocycles. The number of halogens is 2. The number of hydrogen-bond donors (Lipinski definition) is 2. The maximum Gasteiger partial charge on any atom is 0.0969 e. The number of thiocarbonyl (C=S) groups is 1. The number of H-pyrrole nitrogens is 2. The smallest absolute Gasteiger partial charge is 0.0969 e. The number of hydrogen-bond acceptors (Lipinski definition) is 3. The van der Waals surface area contributed by atoms with Crippen molar-refractivity contribution >= 4 is 64.0 Å². The summed E-state index contributed by atoms with van der Waals surface area (Å²) in [6, 6.07) is 11.9. The molecule has 0 unspecified atom stereocenters. The van der Waals surface area contributed by atoms with Gasteiger partial charge >= 0.3 is 0 Å². The van der Waals surface area contributed by atoms with E-state index in [1.165, 1.54) is 0 Å². The minimum absolute atomic E-state index is 0. The Morgan fingerprint density at radius 2 is 1.23 bits per heavy atom. The summed E-state index contributed by atoms with van der Waals surface area (Å²) in [5.41, 5.74) is 5.66. The molecule has 0 radical (unpaired) electrons. The number of imidazole rings is 2. The Bertz CT molecular complexity index is 869. The molecule has 7 heteroatoms. The Balaban J connectivity index is 0.000000882. The second kappa shape index (κ2) is 6.44. The summed E-state index contributed by atoms with van der Waals surface area (Å²) in [6.45, 7) is 0. The predicted octanol–water partition coefficient (Wildman–Crippen LogP) is 4.05. The van der Waals surface area contributed by atoms with Crippen LogP contribution in [0.4, 0.5) is 0 Å². The highest BCUT2D eigenvalue weighted by molar-refractivity contribution is 7.81. The van der Waals surface area contributed by atoms with Crippen LogP contribution >= 0.6 is 37.0 Å². The number of rotatable bonds is 2. The van der Waals surface area contributed by atoms with Gasteiger partial charge < -0.3 is 9.97 Å². The summed E-state index contributed by atoms with van der Waals surface area (Å²) in [6.07, 6.45) is 3.37. The highest BCUT2D eigenvalue weighted by Gasteiger charge is 2.13. The van der Waals surface area contributed by atoms with E-state index in [-0.39, 0.29) is 24.8 Å². The van der Waals surface area contributed by atoms with E-state index >= 15 is 0 Å². The molecular weight excluding hydrogens is 339 g/mol. The van der Waals surface area contributed by atoms with E-state index in [0.29, 0.717) is 0 Å². The molecule has 0 aliphatic rings. The number of para-hydroxylation sites is 2. The third kappa shape index (κ3) is 2.47.